The molecule has 112 valence electrons. The molecule has 1 aromatic heterocycles. The van der Waals surface area contributed by atoms with Gasteiger partial charge in [0.05, 0.1) is 6.33 Å². The standard InChI is InChI=1S/C15H19FN4S/c1-17-15(21)20(9-4-8-19-10-7-18-12-19)11-13-5-2-3-6-14(13)16/h2-3,5-7,10,12H,4,8-9,11H2,1H3,(H,17,21). The highest BCUT2D eigenvalue weighted by Gasteiger charge is 2.11. The first-order valence-corrected chi connectivity index (χ1v) is 7.27. The summed E-state index contributed by atoms with van der Waals surface area (Å²) < 4.78 is 15.8. The van der Waals surface area contributed by atoms with Gasteiger partial charge in [-0.05, 0) is 24.7 Å². The Hall–Kier alpha value is -1.95. The minimum atomic E-state index is -0.198. The van der Waals surface area contributed by atoms with Crippen molar-refractivity contribution in [3.63, 3.8) is 0 Å². The van der Waals surface area contributed by atoms with Crippen molar-refractivity contribution in [1.29, 1.82) is 0 Å². The predicted molar refractivity (Wildman–Crippen MR) is 85.3 cm³/mol. The molecule has 4 nitrogen and oxygen atoms in total. The Morgan fingerprint density at radius 1 is 1.43 bits per heavy atom. The zero-order valence-electron chi connectivity index (χ0n) is 12.0. The number of hydrogen-bond acceptors (Lipinski definition) is 2. The van der Waals surface area contributed by atoms with Gasteiger partial charge in [0.2, 0.25) is 0 Å². The molecule has 0 amide bonds. The fourth-order valence-electron chi connectivity index (χ4n) is 2.11. The zero-order chi connectivity index (χ0) is 15.1. The summed E-state index contributed by atoms with van der Waals surface area (Å²) in [5.74, 6) is -0.198. The van der Waals surface area contributed by atoms with Gasteiger partial charge in [-0.3, -0.25) is 0 Å². The topological polar surface area (TPSA) is 33.1 Å². The van der Waals surface area contributed by atoms with Gasteiger partial charge in [-0.1, -0.05) is 18.2 Å². The number of aryl methyl sites for hydroxylation is 1. The molecule has 2 aromatic rings. The third-order valence-electron chi connectivity index (χ3n) is 3.22. The summed E-state index contributed by atoms with van der Waals surface area (Å²) in [6.45, 7) is 2.09. The van der Waals surface area contributed by atoms with Crippen LogP contribution in [0.3, 0.4) is 0 Å². The van der Waals surface area contributed by atoms with E-state index in [9.17, 15) is 4.39 Å². The van der Waals surface area contributed by atoms with Crippen molar-refractivity contribution in [2.45, 2.75) is 19.5 Å². The second-order valence-corrected chi connectivity index (χ2v) is 5.11. The number of nitrogens with one attached hydrogen (secondary N) is 1. The van der Waals surface area contributed by atoms with Crippen molar-refractivity contribution in [2.75, 3.05) is 13.6 Å². The average molecular weight is 306 g/mol. The zero-order valence-corrected chi connectivity index (χ0v) is 12.8. The Balaban J connectivity index is 1.94. The molecule has 1 N–H and O–H groups in total. The van der Waals surface area contributed by atoms with Crippen LogP contribution in [0.15, 0.2) is 43.0 Å². The van der Waals surface area contributed by atoms with E-state index in [2.05, 4.69) is 10.3 Å². The molecule has 2 rings (SSSR count). The molecule has 0 unspecified atom stereocenters. The van der Waals surface area contributed by atoms with Crippen LogP contribution in [-0.2, 0) is 13.1 Å². The monoisotopic (exact) mass is 306 g/mol. The Kier molecular flexibility index (Phi) is 5.68. The van der Waals surface area contributed by atoms with E-state index in [4.69, 9.17) is 12.2 Å². The van der Waals surface area contributed by atoms with Crippen molar-refractivity contribution in [1.82, 2.24) is 19.8 Å². The summed E-state index contributed by atoms with van der Waals surface area (Å²) in [5.41, 5.74) is 0.651. The van der Waals surface area contributed by atoms with Gasteiger partial charge in [0.25, 0.3) is 0 Å². The fraction of sp³-hybridized carbons (Fsp3) is 0.333. The highest BCUT2D eigenvalue weighted by Crippen LogP contribution is 2.11. The van der Waals surface area contributed by atoms with E-state index in [-0.39, 0.29) is 5.82 Å². The molecular formula is C15H19FN4S. The van der Waals surface area contributed by atoms with E-state index in [0.29, 0.717) is 17.2 Å². The Labute approximate surface area is 129 Å². The summed E-state index contributed by atoms with van der Waals surface area (Å²) in [4.78, 5) is 5.99. The predicted octanol–water partition coefficient (Wildman–Crippen LogP) is 2.42. The number of hydrogen-bond donors (Lipinski definition) is 1. The van der Waals surface area contributed by atoms with E-state index < -0.39 is 0 Å². The van der Waals surface area contributed by atoms with Crippen molar-refractivity contribution >= 4 is 17.3 Å². The third kappa shape index (κ3) is 4.53. The van der Waals surface area contributed by atoms with Gasteiger partial charge in [0.1, 0.15) is 5.82 Å². The van der Waals surface area contributed by atoms with E-state index in [1.54, 1.807) is 31.7 Å². The van der Waals surface area contributed by atoms with E-state index in [1.165, 1.54) is 6.07 Å². The minimum absolute atomic E-state index is 0.198. The Morgan fingerprint density at radius 3 is 2.90 bits per heavy atom. The Morgan fingerprint density at radius 2 is 2.24 bits per heavy atom. The van der Waals surface area contributed by atoms with Crippen LogP contribution in [0.5, 0.6) is 0 Å². The summed E-state index contributed by atoms with van der Waals surface area (Å²) in [5, 5.41) is 3.59. The molecule has 21 heavy (non-hydrogen) atoms. The molecule has 6 heteroatoms. The quantitative estimate of drug-likeness (QED) is 0.831. The first kappa shape index (κ1) is 15.4. The summed E-state index contributed by atoms with van der Waals surface area (Å²) in [6, 6.07) is 6.79. The fourth-order valence-corrected chi connectivity index (χ4v) is 2.26. The maximum atomic E-state index is 13.8. The molecule has 0 aliphatic carbocycles. The maximum absolute atomic E-state index is 13.8. The van der Waals surface area contributed by atoms with Crippen LogP contribution < -0.4 is 5.32 Å². The number of halogens is 1. The summed E-state index contributed by atoms with van der Waals surface area (Å²) >= 11 is 5.31. The average Bonchev–Trinajstić information content (AvgIpc) is 3.00. The lowest BCUT2D eigenvalue weighted by atomic mass is 10.2. The summed E-state index contributed by atoms with van der Waals surface area (Å²) in [6.07, 6.45) is 6.39. The molecule has 1 heterocycles. The second kappa shape index (κ2) is 7.73. The van der Waals surface area contributed by atoms with Gasteiger partial charge >= 0.3 is 0 Å². The number of aromatic nitrogens is 2. The number of rotatable bonds is 6. The van der Waals surface area contributed by atoms with Crippen LogP contribution in [0.1, 0.15) is 12.0 Å². The molecule has 0 saturated carbocycles. The van der Waals surface area contributed by atoms with Crippen molar-refractivity contribution < 1.29 is 4.39 Å². The molecule has 0 aliphatic heterocycles. The van der Waals surface area contributed by atoms with E-state index in [1.807, 2.05) is 21.7 Å². The lowest BCUT2D eigenvalue weighted by Crippen LogP contribution is -2.38. The van der Waals surface area contributed by atoms with Crippen molar-refractivity contribution in [2.24, 2.45) is 0 Å². The smallest absolute Gasteiger partial charge is 0.168 e. The Bertz CT molecular complexity index is 571. The first-order chi connectivity index (χ1) is 10.2. The highest BCUT2D eigenvalue weighted by atomic mass is 32.1. The molecule has 1 aromatic carbocycles. The molecule has 0 radical (unpaired) electrons. The minimum Gasteiger partial charge on any atom is -0.366 e. The van der Waals surface area contributed by atoms with E-state index >= 15 is 0 Å². The molecule has 0 aliphatic rings. The van der Waals surface area contributed by atoms with Gasteiger partial charge in [-0.15, -0.1) is 0 Å². The van der Waals surface area contributed by atoms with Crippen LogP contribution >= 0.6 is 12.2 Å². The van der Waals surface area contributed by atoms with Gasteiger partial charge in [-0.25, -0.2) is 9.37 Å². The normalized spacial score (nSPS) is 10.4. The highest BCUT2D eigenvalue weighted by molar-refractivity contribution is 7.80. The number of nitrogens with zero attached hydrogens (tertiary/aromatic N) is 3. The number of imidazole rings is 1. The van der Waals surface area contributed by atoms with Gasteiger partial charge in [0.15, 0.2) is 5.11 Å². The largest absolute Gasteiger partial charge is 0.366 e. The summed E-state index contributed by atoms with van der Waals surface area (Å²) in [7, 11) is 1.78. The number of thiocarbonyl (C=S) groups is 1. The van der Waals surface area contributed by atoms with Gasteiger partial charge < -0.3 is 14.8 Å². The van der Waals surface area contributed by atoms with Gasteiger partial charge in [-0.2, -0.15) is 0 Å². The van der Waals surface area contributed by atoms with Gasteiger partial charge in [0, 0.05) is 44.6 Å². The van der Waals surface area contributed by atoms with Crippen molar-refractivity contribution in [3.05, 3.63) is 54.4 Å². The van der Waals surface area contributed by atoms with E-state index in [0.717, 1.165) is 19.5 Å². The lowest BCUT2D eigenvalue weighted by Gasteiger charge is -2.25. The molecule has 0 atom stereocenters. The van der Waals surface area contributed by atoms with Crippen LogP contribution in [0.2, 0.25) is 0 Å². The molecular weight excluding hydrogens is 287 g/mol. The van der Waals surface area contributed by atoms with Crippen molar-refractivity contribution in [3.8, 4) is 0 Å². The van der Waals surface area contributed by atoms with Crippen LogP contribution in [0.4, 0.5) is 4.39 Å². The molecule has 0 spiro atoms. The maximum Gasteiger partial charge on any atom is 0.168 e. The van der Waals surface area contributed by atoms with Crippen LogP contribution in [0.25, 0.3) is 0 Å². The van der Waals surface area contributed by atoms with Crippen LogP contribution in [-0.4, -0.2) is 33.2 Å². The third-order valence-corrected chi connectivity index (χ3v) is 3.69. The molecule has 0 fully saturated rings. The molecule has 0 bridgehead atoms. The lowest BCUT2D eigenvalue weighted by molar-refractivity contribution is 0.380. The molecule has 0 saturated heterocycles. The van der Waals surface area contributed by atoms with Crippen LogP contribution in [0, 0.1) is 5.82 Å². The SMILES string of the molecule is CNC(=S)N(CCCn1ccnc1)Cc1ccccc1F. The second-order valence-electron chi connectivity index (χ2n) is 4.72. The first-order valence-electron chi connectivity index (χ1n) is 6.86. The number of benzene rings is 1.